The van der Waals surface area contributed by atoms with Gasteiger partial charge in [0.15, 0.2) is 5.78 Å². The summed E-state index contributed by atoms with van der Waals surface area (Å²) in [5.41, 5.74) is -1.15. The maximum atomic E-state index is 14.5. The van der Waals surface area contributed by atoms with E-state index in [4.69, 9.17) is 0 Å². The van der Waals surface area contributed by atoms with Crippen LogP contribution in [0.25, 0.3) is 0 Å². The molecule has 5 aliphatic carbocycles. The molecule has 5 aliphatic rings. The molecule has 0 aromatic heterocycles. The predicted molar refractivity (Wildman–Crippen MR) is 145 cm³/mol. The van der Waals surface area contributed by atoms with Gasteiger partial charge in [0.05, 0.1) is 5.57 Å². The number of carbonyl (C=O) groups is 3. The van der Waals surface area contributed by atoms with Crippen LogP contribution < -0.4 is 5.32 Å². The van der Waals surface area contributed by atoms with Crippen LogP contribution in [0.3, 0.4) is 0 Å². The number of nitrogens with one attached hydrogen (secondary N) is 1. The van der Waals surface area contributed by atoms with Crippen molar-refractivity contribution in [2.24, 2.45) is 56.2 Å². The maximum Gasteiger partial charge on any atom is 0.404 e. The molecular weight excluding hydrogens is 476 g/mol. The Bertz CT molecular complexity index is 1160. The second-order valence-electron chi connectivity index (χ2n) is 15.7. The Morgan fingerprint density at radius 3 is 2.29 bits per heavy atom. The molecule has 4 fully saturated rings. The average Bonchev–Trinajstić information content (AvgIpc) is 2.82. The topological polar surface area (TPSA) is 107 Å². The fourth-order valence-corrected chi connectivity index (χ4v) is 11.0. The molecule has 0 radical (unpaired) electrons. The highest BCUT2D eigenvalue weighted by atomic mass is 16.4. The summed E-state index contributed by atoms with van der Waals surface area (Å²) in [5.74, 6) is 0.490. The van der Waals surface area contributed by atoms with Gasteiger partial charge in [0.2, 0.25) is 0 Å². The molecule has 1 amide bonds. The van der Waals surface area contributed by atoms with Gasteiger partial charge in [-0.3, -0.25) is 9.59 Å². The average molecular weight is 523 g/mol. The lowest BCUT2D eigenvalue weighted by Crippen LogP contribution is -2.69. The van der Waals surface area contributed by atoms with E-state index in [-0.39, 0.29) is 56.7 Å². The number of allylic oxidation sites excluding steroid dienone is 2. The van der Waals surface area contributed by atoms with Gasteiger partial charge in [0, 0.05) is 24.3 Å². The SMILES string of the molecule is CC1(C)CC[C@]2(CNC(=O)O)CC[C@]3(C)[C@H](C(=O)CC4[C@@]5(C)C=C(C#N)C(=O)C(C)(C)C5CC[C@]43C)[C@H]2C1. The number of carbonyl (C=O) groups excluding carboxylic acids is 2. The minimum Gasteiger partial charge on any atom is -0.465 e. The van der Waals surface area contributed by atoms with Crippen molar-refractivity contribution in [2.45, 2.75) is 99.8 Å². The third-order valence-electron chi connectivity index (χ3n) is 13.2. The molecule has 8 atom stereocenters. The first-order valence-electron chi connectivity index (χ1n) is 14.6. The molecule has 0 aromatic rings. The van der Waals surface area contributed by atoms with Gasteiger partial charge in [-0.2, -0.15) is 5.26 Å². The van der Waals surface area contributed by atoms with E-state index in [0.29, 0.717) is 18.7 Å². The van der Waals surface area contributed by atoms with Crippen LogP contribution in [0.5, 0.6) is 0 Å². The van der Waals surface area contributed by atoms with E-state index in [1.54, 1.807) is 0 Å². The van der Waals surface area contributed by atoms with Gasteiger partial charge in [-0.05, 0) is 89.8 Å². The molecule has 5 rings (SSSR count). The number of nitriles is 1. The van der Waals surface area contributed by atoms with Crippen LogP contribution in [0.2, 0.25) is 0 Å². The number of amides is 1. The van der Waals surface area contributed by atoms with Gasteiger partial charge >= 0.3 is 6.09 Å². The first-order valence-corrected chi connectivity index (χ1v) is 14.6. The molecule has 38 heavy (non-hydrogen) atoms. The Kier molecular flexibility index (Phi) is 5.90. The number of Topliss-reactive ketones (excluding diaryl/α,β-unsaturated/α-hetero) is 2. The monoisotopic (exact) mass is 522 g/mol. The summed E-state index contributed by atoms with van der Waals surface area (Å²) in [6.07, 6.45) is 8.12. The van der Waals surface area contributed by atoms with Gasteiger partial charge in [0.25, 0.3) is 0 Å². The van der Waals surface area contributed by atoms with Crippen LogP contribution in [0.4, 0.5) is 4.79 Å². The van der Waals surface area contributed by atoms with Crippen molar-refractivity contribution in [3.8, 4) is 6.07 Å². The molecule has 4 saturated carbocycles. The van der Waals surface area contributed by atoms with Crippen LogP contribution in [0.15, 0.2) is 11.6 Å². The van der Waals surface area contributed by atoms with Crippen LogP contribution in [-0.2, 0) is 9.59 Å². The molecule has 0 spiro atoms. The second-order valence-corrected chi connectivity index (χ2v) is 15.7. The summed E-state index contributed by atoms with van der Waals surface area (Å²) < 4.78 is 0. The van der Waals surface area contributed by atoms with Crippen molar-refractivity contribution in [1.29, 1.82) is 5.26 Å². The summed E-state index contributed by atoms with van der Waals surface area (Å²) in [7, 11) is 0. The molecule has 2 unspecified atom stereocenters. The van der Waals surface area contributed by atoms with E-state index in [2.05, 4.69) is 46.0 Å². The molecule has 0 aromatic carbocycles. The van der Waals surface area contributed by atoms with Crippen LogP contribution in [0, 0.1) is 67.5 Å². The lowest BCUT2D eigenvalue weighted by molar-refractivity contribution is -0.222. The highest BCUT2D eigenvalue weighted by molar-refractivity contribution is 6.04. The lowest BCUT2D eigenvalue weighted by Gasteiger charge is -2.72. The van der Waals surface area contributed by atoms with Crippen molar-refractivity contribution < 1.29 is 19.5 Å². The van der Waals surface area contributed by atoms with E-state index in [1.807, 2.05) is 19.9 Å². The van der Waals surface area contributed by atoms with E-state index >= 15 is 0 Å². The Morgan fingerprint density at radius 1 is 1.00 bits per heavy atom. The number of nitrogens with zero attached hydrogens (tertiary/aromatic N) is 1. The standard InChI is InChI=1S/C32H46N2O4/c1-27(2)10-12-32(18-34-26(37)38)13-11-31(7)24(20(32)16-27)21(35)14-23-29(5)15-19(17-33)25(36)28(3,4)22(29)8-9-30(23,31)6/h15,20,22-24,34H,8-14,16,18H2,1-7H3,(H,37,38)/t20-,22?,23?,24+,29+,30-,31-,32-/m1/s1. The van der Waals surface area contributed by atoms with Crippen molar-refractivity contribution in [3.05, 3.63) is 11.6 Å². The molecule has 6 heteroatoms. The quantitative estimate of drug-likeness (QED) is 0.427. The third-order valence-corrected chi connectivity index (χ3v) is 13.2. The predicted octanol–water partition coefficient (Wildman–Crippen LogP) is 6.55. The normalized spacial score (nSPS) is 46.8. The first kappa shape index (κ1) is 27.4. The summed E-state index contributed by atoms with van der Waals surface area (Å²) in [5, 5.41) is 22.1. The van der Waals surface area contributed by atoms with Crippen LogP contribution >= 0.6 is 0 Å². The molecular formula is C32H46N2O4. The lowest BCUT2D eigenvalue weighted by atomic mass is 9.31. The van der Waals surface area contributed by atoms with Gasteiger partial charge in [-0.15, -0.1) is 0 Å². The Hall–Kier alpha value is -2.16. The zero-order valence-electron chi connectivity index (χ0n) is 24.4. The molecule has 208 valence electrons. The van der Waals surface area contributed by atoms with E-state index in [1.165, 1.54) is 0 Å². The number of hydrogen-bond donors (Lipinski definition) is 2. The Labute approximate surface area is 228 Å². The third kappa shape index (κ3) is 3.45. The highest BCUT2D eigenvalue weighted by Gasteiger charge is 2.72. The number of carboxylic acid groups (broad SMARTS) is 1. The van der Waals surface area contributed by atoms with E-state index in [9.17, 15) is 24.8 Å². The Morgan fingerprint density at radius 2 is 1.66 bits per heavy atom. The fourth-order valence-electron chi connectivity index (χ4n) is 11.0. The van der Waals surface area contributed by atoms with Crippen molar-refractivity contribution in [3.63, 3.8) is 0 Å². The zero-order valence-corrected chi connectivity index (χ0v) is 24.4. The number of rotatable bonds is 2. The molecule has 0 bridgehead atoms. The van der Waals surface area contributed by atoms with Crippen LogP contribution in [-0.4, -0.2) is 29.3 Å². The number of hydrogen-bond acceptors (Lipinski definition) is 4. The van der Waals surface area contributed by atoms with E-state index in [0.717, 1.165) is 44.9 Å². The molecule has 0 saturated heterocycles. The van der Waals surface area contributed by atoms with Crippen molar-refractivity contribution in [2.75, 3.05) is 6.54 Å². The summed E-state index contributed by atoms with van der Waals surface area (Å²) in [4.78, 5) is 39.3. The molecule has 0 heterocycles. The number of ketones is 2. The van der Waals surface area contributed by atoms with Crippen molar-refractivity contribution >= 4 is 17.7 Å². The van der Waals surface area contributed by atoms with E-state index < -0.39 is 16.9 Å². The minimum absolute atomic E-state index is 0.0601. The van der Waals surface area contributed by atoms with Gasteiger partial charge in [0.1, 0.15) is 11.9 Å². The molecule has 2 N–H and O–H groups in total. The maximum absolute atomic E-state index is 14.5. The molecule has 6 nitrogen and oxygen atoms in total. The summed E-state index contributed by atoms with van der Waals surface area (Å²) >= 11 is 0. The van der Waals surface area contributed by atoms with Gasteiger partial charge in [-0.25, -0.2) is 4.79 Å². The zero-order chi connectivity index (χ0) is 28.1. The first-order chi connectivity index (χ1) is 17.5. The smallest absolute Gasteiger partial charge is 0.404 e. The van der Waals surface area contributed by atoms with Gasteiger partial charge in [-0.1, -0.05) is 54.5 Å². The van der Waals surface area contributed by atoms with Gasteiger partial charge < -0.3 is 10.4 Å². The minimum atomic E-state index is -0.987. The van der Waals surface area contributed by atoms with Crippen LogP contribution in [0.1, 0.15) is 99.8 Å². The Balaban J connectivity index is 1.61. The summed E-state index contributed by atoms with van der Waals surface area (Å²) in [6.45, 7) is 16.0. The summed E-state index contributed by atoms with van der Waals surface area (Å²) in [6, 6.07) is 2.20. The molecule has 0 aliphatic heterocycles. The second kappa shape index (κ2) is 8.18. The number of fused-ring (bicyclic) bond motifs is 7. The largest absolute Gasteiger partial charge is 0.465 e. The fraction of sp³-hybridized carbons (Fsp3) is 0.812. The van der Waals surface area contributed by atoms with Crippen molar-refractivity contribution in [1.82, 2.24) is 5.32 Å². The highest BCUT2D eigenvalue weighted by Crippen LogP contribution is 2.75.